The number of aryl methyl sites for hydroxylation is 1. The number of aromatic hydroxyl groups is 3. The van der Waals surface area contributed by atoms with Crippen LogP contribution in [0.15, 0.2) is 65.5 Å². The lowest BCUT2D eigenvalue weighted by Crippen LogP contribution is -2.54. The number of carbonyl (C=O) groups is 3. The van der Waals surface area contributed by atoms with Crippen LogP contribution in [0.2, 0.25) is 0 Å². The minimum atomic E-state index is -1.93. The second-order valence-corrected chi connectivity index (χ2v) is 17.8. The van der Waals surface area contributed by atoms with Gasteiger partial charge in [0.2, 0.25) is 5.91 Å². The molecule has 6 aromatic rings. The van der Waals surface area contributed by atoms with Crippen LogP contribution in [0.4, 0.5) is 10.5 Å². The summed E-state index contributed by atoms with van der Waals surface area (Å²) in [6.07, 6.45) is 1.18. The molecule has 346 valence electrons. The molecular formula is C49H50N8O10. The molecule has 2 atom stereocenters. The minimum absolute atomic E-state index is 0.0329. The average molecular weight is 911 g/mol. The van der Waals surface area contributed by atoms with E-state index in [1.807, 2.05) is 45.0 Å². The molecule has 2 fully saturated rings. The fraction of sp³-hybridized carbons (Fsp3) is 0.367. The molecule has 2 saturated heterocycles. The van der Waals surface area contributed by atoms with E-state index in [1.165, 1.54) is 15.5 Å². The van der Waals surface area contributed by atoms with Crippen molar-refractivity contribution in [3.63, 3.8) is 0 Å². The van der Waals surface area contributed by atoms with E-state index in [1.54, 1.807) is 46.7 Å². The normalized spacial score (nSPS) is 18.9. The summed E-state index contributed by atoms with van der Waals surface area (Å²) in [4.78, 5) is 64.7. The van der Waals surface area contributed by atoms with Gasteiger partial charge in [0.25, 0.3) is 5.56 Å². The summed E-state index contributed by atoms with van der Waals surface area (Å²) in [5.74, 6) is -0.672. The maximum Gasteiger partial charge on any atom is 0.415 e. The summed E-state index contributed by atoms with van der Waals surface area (Å²) in [6.45, 7) is 9.90. The number of anilines is 1. The van der Waals surface area contributed by atoms with Crippen LogP contribution in [0.5, 0.6) is 23.3 Å². The van der Waals surface area contributed by atoms with Crippen molar-refractivity contribution in [3.8, 4) is 51.7 Å². The van der Waals surface area contributed by atoms with Gasteiger partial charge < -0.3 is 44.3 Å². The summed E-state index contributed by atoms with van der Waals surface area (Å²) in [7, 11) is 0. The first-order valence-electron chi connectivity index (χ1n) is 22.7. The number of esters is 1. The SMILES string of the molecule is CCc1c2c(nc3ccc(OC(=O)N4CCC[C@H]4C(=O)N4CCN(c5ccc(-n6c(O)nnc6-c6cc(C(C)C)c(O)cc6O)cc5)CC4)cc13)-c1cc3c(c(=O)n1C2)COC(=O)[C@]3(O)CC. The van der Waals surface area contributed by atoms with Crippen LogP contribution in [-0.2, 0) is 39.5 Å². The second-order valence-electron chi connectivity index (χ2n) is 17.8. The van der Waals surface area contributed by atoms with Gasteiger partial charge in [0.05, 0.1) is 40.3 Å². The Morgan fingerprint density at radius 2 is 1.64 bits per heavy atom. The van der Waals surface area contributed by atoms with Crippen molar-refractivity contribution in [2.75, 3.05) is 37.6 Å². The number of hydrogen-bond acceptors (Lipinski definition) is 14. The highest BCUT2D eigenvalue weighted by atomic mass is 16.6. The Bertz CT molecular complexity index is 3080. The quantitative estimate of drug-likeness (QED) is 0.139. The van der Waals surface area contributed by atoms with Crippen molar-refractivity contribution in [3.05, 3.63) is 98.8 Å². The number of phenolic OH excluding ortho intramolecular Hbond substituents is 2. The molecule has 10 rings (SSSR count). The fourth-order valence-corrected chi connectivity index (χ4v) is 10.1. The van der Waals surface area contributed by atoms with Gasteiger partial charge >= 0.3 is 18.1 Å². The molecule has 18 heteroatoms. The van der Waals surface area contributed by atoms with Gasteiger partial charge in [0.15, 0.2) is 11.4 Å². The number of likely N-dealkylation sites (tertiary alicyclic amines) is 1. The monoisotopic (exact) mass is 910 g/mol. The Balaban J connectivity index is 0.810. The first kappa shape index (κ1) is 43.4. The van der Waals surface area contributed by atoms with Crippen LogP contribution in [0.3, 0.4) is 0 Å². The molecule has 0 bridgehead atoms. The van der Waals surface area contributed by atoms with Crippen LogP contribution in [0.1, 0.15) is 80.7 Å². The molecular weight excluding hydrogens is 861 g/mol. The Kier molecular flexibility index (Phi) is 10.7. The van der Waals surface area contributed by atoms with E-state index in [4.69, 9.17) is 14.5 Å². The van der Waals surface area contributed by atoms with Crippen molar-refractivity contribution >= 4 is 34.6 Å². The highest BCUT2D eigenvalue weighted by molar-refractivity contribution is 5.91. The van der Waals surface area contributed by atoms with Crippen LogP contribution in [0, 0.1) is 0 Å². The molecule has 4 aliphatic rings. The molecule has 3 aromatic carbocycles. The molecule has 3 aromatic heterocycles. The van der Waals surface area contributed by atoms with Gasteiger partial charge in [-0.25, -0.2) is 19.1 Å². The number of aromatic nitrogens is 5. The number of aliphatic hydroxyl groups is 1. The number of hydrogen-bond donors (Lipinski definition) is 4. The van der Waals surface area contributed by atoms with Crippen molar-refractivity contribution in [1.29, 1.82) is 0 Å². The Hall–Kier alpha value is -7.47. The van der Waals surface area contributed by atoms with Gasteiger partial charge in [-0.15, -0.1) is 5.10 Å². The van der Waals surface area contributed by atoms with E-state index in [9.17, 15) is 39.6 Å². The largest absolute Gasteiger partial charge is 0.508 e. The fourth-order valence-electron chi connectivity index (χ4n) is 10.1. The lowest BCUT2D eigenvalue weighted by Gasteiger charge is -2.38. The van der Waals surface area contributed by atoms with E-state index in [0.717, 1.165) is 22.2 Å². The number of nitrogens with zero attached hydrogens (tertiary/aromatic N) is 8. The van der Waals surface area contributed by atoms with Crippen molar-refractivity contribution in [2.45, 2.75) is 84.1 Å². The number of pyridine rings is 2. The van der Waals surface area contributed by atoms with Crippen LogP contribution >= 0.6 is 0 Å². The van der Waals surface area contributed by atoms with Gasteiger partial charge in [-0.3, -0.25) is 14.5 Å². The van der Waals surface area contributed by atoms with Gasteiger partial charge in [-0.2, -0.15) is 0 Å². The van der Waals surface area contributed by atoms with Crippen molar-refractivity contribution < 1.29 is 44.3 Å². The summed E-state index contributed by atoms with van der Waals surface area (Å²) < 4.78 is 14.2. The molecule has 4 aliphatic heterocycles. The molecule has 0 saturated carbocycles. The number of amides is 2. The Morgan fingerprint density at radius 1 is 0.896 bits per heavy atom. The van der Waals surface area contributed by atoms with E-state index < -0.39 is 23.7 Å². The molecule has 4 N–H and O–H groups in total. The smallest absolute Gasteiger partial charge is 0.415 e. The predicted molar refractivity (Wildman–Crippen MR) is 244 cm³/mol. The highest BCUT2D eigenvalue weighted by Crippen LogP contribution is 2.42. The maximum absolute atomic E-state index is 14.0. The predicted octanol–water partition coefficient (Wildman–Crippen LogP) is 5.44. The second kappa shape index (κ2) is 16.4. The molecule has 0 spiro atoms. The number of fused-ring (bicyclic) bond motifs is 5. The lowest BCUT2D eigenvalue weighted by atomic mass is 9.86. The zero-order valence-corrected chi connectivity index (χ0v) is 37.5. The number of benzene rings is 3. The lowest BCUT2D eigenvalue weighted by molar-refractivity contribution is -0.172. The summed E-state index contributed by atoms with van der Waals surface area (Å²) in [5.41, 5.74) is 4.12. The molecule has 7 heterocycles. The Labute approximate surface area is 384 Å². The number of phenols is 2. The zero-order valence-electron chi connectivity index (χ0n) is 37.5. The molecule has 2 amide bonds. The standard InChI is InChI=1S/C49H50N8O10/c1-5-30-32-20-29(13-14-37(32)50-42-34(30)24-56-39(42)22-36-35(44(56)60)25-66-46(62)49(36,65)6-2)67-48(64)55-15-7-8-38(55)45(61)54-18-16-53(17-19-54)27-9-11-28(12-10-27)57-43(51-52-47(57)63)33-21-31(26(3)4)40(58)23-41(33)59/h9-14,20-23,26,38,58-59,65H,5-8,15-19,24-25H2,1-4H3,(H,52,63)/t38-,49-/m0/s1. The third kappa shape index (κ3) is 7.08. The Morgan fingerprint density at radius 3 is 2.36 bits per heavy atom. The van der Waals surface area contributed by atoms with E-state index in [-0.39, 0.29) is 71.4 Å². The number of ether oxygens (including phenoxy) is 2. The molecule has 0 aliphatic carbocycles. The minimum Gasteiger partial charge on any atom is -0.508 e. The van der Waals surface area contributed by atoms with Crippen LogP contribution in [0.25, 0.3) is 39.4 Å². The topological polar surface area (TPSA) is 226 Å². The molecule has 18 nitrogen and oxygen atoms in total. The summed E-state index contributed by atoms with van der Waals surface area (Å²) in [6, 6.07) is 16.2. The third-order valence-electron chi connectivity index (χ3n) is 13.8. The van der Waals surface area contributed by atoms with Gasteiger partial charge in [-0.1, -0.05) is 32.8 Å². The number of carbonyl (C=O) groups excluding carboxylic acids is 3. The van der Waals surface area contributed by atoms with Crippen molar-refractivity contribution in [2.24, 2.45) is 0 Å². The number of rotatable bonds is 8. The van der Waals surface area contributed by atoms with Gasteiger partial charge in [0.1, 0.15) is 29.9 Å². The highest BCUT2D eigenvalue weighted by Gasteiger charge is 2.46. The summed E-state index contributed by atoms with van der Waals surface area (Å²) in [5, 5.41) is 51.8. The average Bonchev–Trinajstić information content (AvgIpc) is 4.07. The van der Waals surface area contributed by atoms with Crippen LogP contribution < -0.4 is 15.2 Å². The van der Waals surface area contributed by atoms with E-state index in [0.29, 0.717) is 91.5 Å². The van der Waals surface area contributed by atoms with Crippen molar-refractivity contribution in [1.82, 2.24) is 34.1 Å². The van der Waals surface area contributed by atoms with Gasteiger partial charge in [0, 0.05) is 61.0 Å². The third-order valence-corrected chi connectivity index (χ3v) is 13.8. The number of cyclic esters (lactones) is 1. The first-order valence-corrected chi connectivity index (χ1v) is 22.7. The maximum atomic E-state index is 14.0. The zero-order chi connectivity index (χ0) is 47.1. The molecule has 0 unspecified atom stereocenters. The molecule has 0 radical (unpaired) electrons. The first-order chi connectivity index (χ1) is 32.2. The number of piperazine rings is 1. The summed E-state index contributed by atoms with van der Waals surface area (Å²) >= 11 is 0. The van der Waals surface area contributed by atoms with E-state index in [2.05, 4.69) is 15.1 Å². The molecule has 67 heavy (non-hydrogen) atoms. The van der Waals surface area contributed by atoms with Crippen LogP contribution in [-0.4, -0.2) is 111 Å². The van der Waals surface area contributed by atoms with Gasteiger partial charge in [-0.05, 0) is 97.3 Å². The van der Waals surface area contributed by atoms with E-state index >= 15 is 0 Å².